The molecule has 1 aromatic carbocycles. The molecule has 8 heteroatoms. The Kier molecular flexibility index (Phi) is 6.64. The largest absolute Gasteiger partial charge is 0.493 e. The molecule has 0 saturated carbocycles. The number of ether oxygens (including phenoxy) is 3. The molecule has 1 fully saturated rings. The molecule has 0 bridgehead atoms. The maximum Gasteiger partial charge on any atom is 0.227 e. The lowest BCUT2D eigenvalue weighted by Crippen LogP contribution is -2.31. The van der Waals surface area contributed by atoms with E-state index in [9.17, 15) is 4.79 Å². The van der Waals surface area contributed by atoms with E-state index in [-0.39, 0.29) is 12.0 Å². The fourth-order valence-corrected chi connectivity index (χ4v) is 2.90. The van der Waals surface area contributed by atoms with Crippen LogP contribution in [0.4, 0.5) is 0 Å². The lowest BCUT2D eigenvalue weighted by Gasteiger charge is -2.10. The number of carbonyl (C=O) groups excluding carboxylic acids is 1. The van der Waals surface area contributed by atoms with E-state index in [0.717, 1.165) is 25.0 Å². The molecule has 3 rings (SSSR count). The van der Waals surface area contributed by atoms with Crippen molar-refractivity contribution in [1.29, 1.82) is 0 Å². The number of hydrogen-bond donors (Lipinski definition) is 1. The molecule has 0 spiro atoms. The zero-order chi connectivity index (χ0) is 19.1. The highest BCUT2D eigenvalue weighted by molar-refractivity contribution is 5.76. The molecule has 1 aliphatic heterocycles. The summed E-state index contributed by atoms with van der Waals surface area (Å²) in [6, 6.07) is 5.45. The number of rotatable bonds is 9. The normalized spacial score (nSPS) is 16.3. The van der Waals surface area contributed by atoms with E-state index in [1.54, 1.807) is 13.2 Å². The van der Waals surface area contributed by atoms with Crippen molar-refractivity contribution in [2.75, 3.05) is 26.9 Å². The number of nitrogens with one attached hydrogen (secondary N) is 1. The Morgan fingerprint density at radius 1 is 1.37 bits per heavy atom. The van der Waals surface area contributed by atoms with E-state index in [1.807, 2.05) is 19.1 Å². The summed E-state index contributed by atoms with van der Waals surface area (Å²) >= 11 is 0. The number of hydrogen-bond acceptors (Lipinski definition) is 7. The first-order valence-corrected chi connectivity index (χ1v) is 9.21. The van der Waals surface area contributed by atoms with Gasteiger partial charge >= 0.3 is 0 Å². The molecular formula is C19H25N3O5. The van der Waals surface area contributed by atoms with Crippen LogP contribution in [-0.2, 0) is 16.0 Å². The summed E-state index contributed by atoms with van der Waals surface area (Å²) < 4.78 is 21.6. The molecular weight excluding hydrogens is 350 g/mol. The zero-order valence-corrected chi connectivity index (χ0v) is 15.7. The summed E-state index contributed by atoms with van der Waals surface area (Å²) in [4.78, 5) is 16.3. The van der Waals surface area contributed by atoms with Crippen molar-refractivity contribution < 1.29 is 23.5 Å². The Morgan fingerprint density at radius 3 is 3.00 bits per heavy atom. The lowest BCUT2D eigenvalue weighted by molar-refractivity contribution is -0.121. The molecule has 1 saturated heterocycles. The standard InChI is InChI=1S/C19H25N3O5/c1-3-25-15-7-6-13(11-16(15)24-2)19-21-18(27-22-19)9-8-17(23)20-12-14-5-4-10-26-14/h6-7,11,14H,3-5,8-10,12H2,1-2H3,(H,20,23)/t14-/m1/s1. The molecule has 1 aromatic heterocycles. The Bertz CT molecular complexity index is 756. The molecule has 27 heavy (non-hydrogen) atoms. The number of methoxy groups -OCH3 is 1. The molecule has 0 radical (unpaired) electrons. The van der Waals surface area contributed by atoms with Gasteiger partial charge in [-0.05, 0) is 38.0 Å². The molecule has 1 atom stereocenters. The number of benzene rings is 1. The third-order valence-corrected chi connectivity index (χ3v) is 4.31. The first-order valence-electron chi connectivity index (χ1n) is 9.21. The van der Waals surface area contributed by atoms with Gasteiger partial charge in [0.05, 0.1) is 19.8 Å². The second-order valence-electron chi connectivity index (χ2n) is 6.25. The lowest BCUT2D eigenvalue weighted by atomic mass is 10.2. The van der Waals surface area contributed by atoms with Gasteiger partial charge in [-0.2, -0.15) is 4.98 Å². The smallest absolute Gasteiger partial charge is 0.227 e. The van der Waals surface area contributed by atoms with Crippen LogP contribution in [-0.4, -0.2) is 49.0 Å². The van der Waals surface area contributed by atoms with Gasteiger partial charge < -0.3 is 24.1 Å². The fourth-order valence-electron chi connectivity index (χ4n) is 2.90. The number of aryl methyl sites for hydroxylation is 1. The van der Waals surface area contributed by atoms with E-state index in [4.69, 9.17) is 18.7 Å². The van der Waals surface area contributed by atoms with Crippen molar-refractivity contribution in [3.63, 3.8) is 0 Å². The summed E-state index contributed by atoms with van der Waals surface area (Å²) in [5.41, 5.74) is 0.758. The highest BCUT2D eigenvalue weighted by atomic mass is 16.5. The Labute approximate surface area is 158 Å². The van der Waals surface area contributed by atoms with Gasteiger partial charge in [-0.25, -0.2) is 0 Å². The van der Waals surface area contributed by atoms with Gasteiger partial charge in [0.1, 0.15) is 0 Å². The predicted octanol–water partition coefficient (Wildman–Crippen LogP) is 2.37. The van der Waals surface area contributed by atoms with Gasteiger partial charge in [0.15, 0.2) is 11.5 Å². The van der Waals surface area contributed by atoms with Gasteiger partial charge in [0, 0.05) is 31.6 Å². The average Bonchev–Trinajstić information content (AvgIpc) is 3.37. The van der Waals surface area contributed by atoms with E-state index in [2.05, 4.69) is 15.5 Å². The quantitative estimate of drug-likeness (QED) is 0.719. The van der Waals surface area contributed by atoms with E-state index in [1.165, 1.54) is 0 Å². The first kappa shape index (κ1) is 19.2. The Morgan fingerprint density at radius 2 is 2.26 bits per heavy atom. The van der Waals surface area contributed by atoms with Gasteiger partial charge in [-0.15, -0.1) is 0 Å². The molecule has 146 valence electrons. The van der Waals surface area contributed by atoms with Crippen LogP contribution < -0.4 is 14.8 Å². The average molecular weight is 375 g/mol. The number of nitrogens with zero attached hydrogens (tertiary/aromatic N) is 2. The van der Waals surface area contributed by atoms with Crippen LogP contribution in [0.3, 0.4) is 0 Å². The number of aromatic nitrogens is 2. The van der Waals surface area contributed by atoms with Crippen LogP contribution >= 0.6 is 0 Å². The summed E-state index contributed by atoms with van der Waals surface area (Å²) in [5.74, 6) is 2.09. The molecule has 0 aliphatic carbocycles. The van der Waals surface area contributed by atoms with Gasteiger partial charge in [0.2, 0.25) is 17.6 Å². The maximum absolute atomic E-state index is 11.9. The van der Waals surface area contributed by atoms with E-state index in [0.29, 0.717) is 49.2 Å². The Balaban J connectivity index is 1.54. The number of carbonyl (C=O) groups is 1. The van der Waals surface area contributed by atoms with Gasteiger partial charge in [-0.1, -0.05) is 5.16 Å². The van der Waals surface area contributed by atoms with Crippen LogP contribution in [0, 0.1) is 0 Å². The van der Waals surface area contributed by atoms with Crippen molar-refractivity contribution in [2.24, 2.45) is 0 Å². The third-order valence-electron chi connectivity index (χ3n) is 4.31. The first-order chi connectivity index (χ1) is 13.2. The second kappa shape index (κ2) is 9.36. The molecule has 1 aliphatic rings. The van der Waals surface area contributed by atoms with E-state index >= 15 is 0 Å². The van der Waals surface area contributed by atoms with Crippen LogP contribution in [0.15, 0.2) is 22.7 Å². The summed E-state index contributed by atoms with van der Waals surface area (Å²) in [7, 11) is 1.58. The molecule has 2 aromatic rings. The number of amides is 1. The topological polar surface area (TPSA) is 95.7 Å². The van der Waals surface area contributed by atoms with Crippen molar-refractivity contribution >= 4 is 5.91 Å². The third kappa shape index (κ3) is 5.19. The monoisotopic (exact) mass is 375 g/mol. The Hall–Kier alpha value is -2.61. The summed E-state index contributed by atoms with van der Waals surface area (Å²) in [6.45, 7) is 3.80. The minimum atomic E-state index is -0.0482. The zero-order valence-electron chi connectivity index (χ0n) is 15.7. The maximum atomic E-state index is 11.9. The fraction of sp³-hybridized carbons (Fsp3) is 0.526. The van der Waals surface area contributed by atoms with Crippen LogP contribution in [0.25, 0.3) is 11.4 Å². The highest BCUT2D eigenvalue weighted by Gasteiger charge is 2.17. The van der Waals surface area contributed by atoms with Crippen LogP contribution in [0.2, 0.25) is 0 Å². The molecule has 1 N–H and O–H groups in total. The minimum Gasteiger partial charge on any atom is -0.493 e. The molecule has 1 amide bonds. The van der Waals surface area contributed by atoms with E-state index < -0.39 is 0 Å². The van der Waals surface area contributed by atoms with Crippen molar-refractivity contribution in [3.05, 3.63) is 24.1 Å². The second-order valence-corrected chi connectivity index (χ2v) is 6.25. The van der Waals surface area contributed by atoms with Gasteiger partial charge in [-0.3, -0.25) is 4.79 Å². The molecule has 8 nitrogen and oxygen atoms in total. The molecule has 0 unspecified atom stereocenters. The highest BCUT2D eigenvalue weighted by Crippen LogP contribution is 2.31. The van der Waals surface area contributed by atoms with Crippen LogP contribution in [0.1, 0.15) is 32.1 Å². The van der Waals surface area contributed by atoms with Gasteiger partial charge in [0.25, 0.3) is 0 Å². The summed E-state index contributed by atoms with van der Waals surface area (Å²) in [6.07, 6.45) is 2.87. The molecule has 2 heterocycles. The summed E-state index contributed by atoms with van der Waals surface area (Å²) in [5, 5.41) is 6.87. The minimum absolute atomic E-state index is 0.0482. The predicted molar refractivity (Wildman–Crippen MR) is 97.8 cm³/mol. The van der Waals surface area contributed by atoms with Crippen molar-refractivity contribution in [3.8, 4) is 22.9 Å². The SMILES string of the molecule is CCOc1ccc(-c2noc(CCC(=O)NC[C@H]3CCCO3)n2)cc1OC. The van der Waals surface area contributed by atoms with Crippen molar-refractivity contribution in [2.45, 2.75) is 38.7 Å². The van der Waals surface area contributed by atoms with Crippen molar-refractivity contribution in [1.82, 2.24) is 15.5 Å². The van der Waals surface area contributed by atoms with Crippen LogP contribution in [0.5, 0.6) is 11.5 Å².